The van der Waals surface area contributed by atoms with Gasteiger partial charge in [0.2, 0.25) is 0 Å². The third kappa shape index (κ3) is 4.80. The van der Waals surface area contributed by atoms with Gasteiger partial charge in [0.1, 0.15) is 4.90 Å². The molecule has 23 heavy (non-hydrogen) atoms. The summed E-state index contributed by atoms with van der Waals surface area (Å²) in [5.41, 5.74) is -0.297. The molecule has 0 saturated carbocycles. The molecule has 2 rings (SSSR count). The summed E-state index contributed by atoms with van der Waals surface area (Å²) < 4.78 is 31.2. The molecule has 0 fully saturated rings. The van der Waals surface area contributed by atoms with Crippen LogP contribution in [0.2, 0.25) is 0 Å². The first-order chi connectivity index (χ1) is 9.92. The topological polar surface area (TPSA) is 43.4 Å². The van der Waals surface area contributed by atoms with Crippen molar-refractivity contribution in [3.63, 3.8) is 0 Å². The van der Waals surface area contributed by atoms with Crippen molar-refractivity contribution in [1.82, 2.24) is 0 Å². The zero-order valence-electron chi connectivity index (χ0n) is 15.1. The molecule has 0 unspecified atom stereocenters. The Hall–Kier alpha value is -0.390. The van der Waals surface area contributed by atoms with Crippen LogP contribution in [0.25, 0.3) is 10.8 Å². The normalized spacial score (nSPS) is 13.0. The summed E-state index contributed by atoms with van der Waals surface area (Å²) in [6.45, 7) is 11.2. The molecule has 0 spiro atoms. The molecule has 121 valence electrons. The van der Waals surface area contributed by atoms with E-state index in [2.05, 4.69) is 0 Å². The molecule has 0 aliphatic rings. The molecule has 5 heteroatoms. The molecule has 0 atom stereocenters. The van der Waals surface area contributed by atoms with E-state index < -0.39 is 15.7 Å². The van der Waals surface area contributed by atoms with Crippen molar-refractivity contribution in [2.24, 2.45) is 0 Å². The second kappa shape index (κ2) is 6.85. The van der Waals surface area contributed by atoms with Crippen molar-refractivity contribution in [2.75, 3.05) is 0 Å². The minimum atomic E-state index is -3.86. The fourth-order valence-electron chi connectivity index (χ4n) is 2.47. The van der Waals surface area contributed by atoms with Gasteiger partial charge in [-0.2, -0.15) is 8.42 Å². The van der Waals surface area contributed by atoms with E-state index in [4.69, 9.17) is 4.18 Å². The predicted octanol–water partition coefficient (Wildman–Crippen LogP) is 4.26. The van der Waals surface area contributed by atoms with Crippen LogP contribution in [-0.2, 0) is 19.7 Å². The van der Waals surface area contributed by atoms with Crippen LogP contribution in [0.3, 0.4) is 0 Å². The van der Waals surface area contributed by atoms with Gasteiger partial charge < -0.3 is 0 Å². The second-order valence-electron chi connectivity index (χ2n) is 7.56. The van der Waals surface area contributed by atoms with E-state index in [0.29, 0.717) is 5.39 Å². The first-order valence-corrected chi connectivity index (χ1v) is 8.80. The average Bonchev–Trinajstić information content (AvgIpc) is 2.33. The molecular formula is C18H24NaO3S. The summed E-state index contributed by atoms with van der Waals surface area (Å²) in [7, 11) is -3.86. The van der Waals surface area contributed by atoms with Gasteiger partial charge >= 0.3 is 0 Å². The number of hydrogen-bond donors (Lipinski definition) is 0. The molecule has 0 amide bonds. The van der Waals surface area contributed by atoms with Crippen LogP contribution in [0.1, 0.15) is 47.1 Å². The van der Waals surface area contributed by atoms with Gasteiger partial charge in [0.25, 0.3) is 10.1 Å². The van der Waals surface area contributed by atoms with Crippen LogP contribution in [0.5, 0.6) is 0 Å². The third-order valence-corrected chi connectivity index (χ3v) is 4.96. The first-order valence-electron chi connectivity index (χ1n) is 7.40. The van der Waals surface area contributed by atoms with E-state index in [1.165, 1.54) is 0 Å². The Morgan fingerprint density at radius 2 is 1.43 bits per heavy atom. The molecule has 2 aromatic carbocycles. The Bertz CT molecular complexity index is 797. The van der Waals surface area contributed by atoms with Gasteiger partial charge in [0.05, 0.1) is 5.60 Å². The van der Waals surface area contributed by atoms with Crippen LogP contribution in [0, 0.1) is 0 Å². The molecule has 0 N–H and O–H groups in total. The summed E-state index contributed by atoms with van der Waals surface area (Å²) in [4.78, 5) is 0.285. The van der Waals surface area contributed by atoms with E-state index in [1.54, 1.807) is 20.8 Å². The number of rotatable bonds is 2. The zero-order chi connectivity index (χ0) is 16.8. The SMILES string of the molecule is CC(C)(C)OS(=O)(=O)c1c(C(C)(C)C)ccc2ccccc12.[Na]. The maximum Gasteiger partial charge on any atom is 0.298 e. The molecule has 0 aliphatic carbocycles. The molecule has 1 radical (unpaired) electrons. The van der Waals surface area contributed by atoms with E-state index in [9.17, 15) is 8.42 Å². The Labute approximate surface area is 161 Å². The van der Waals surface area contributed by atoms with Gasteiger partial charge in [0, 0.05) is 34.9 Å². The Balaban J connectivity index is 0.00000264. The maximum atomic E-state index is 12.9. The summed E-state index contributed by atoms with van der Waals surface area (Å²) in [5, 5.41) is 1.60. The summed E-state index contributed by atoms with van der Waals surface area (Å²) >= 11 is 0. The molecule has 0 aliphatic heterocycles. The fraction of sp³-hybridized carbons (Fsp3) is 0.444. The standard InChI is InChI=1S/C18H24O3S.Na/c1-17(2,3)15-12-11-13-9-7-8-10-14(13)16(15)22(19,20)21-18(4,5)6;/h7-12H,1-6H3;. The molecule has 0 bridgehead atoms. The minimum Gasteiger partial charge on any atom is -0.261 e. The first kappa shape index (κ1) is 20.7. The predicted molar refractivity (Wildman–Crippen MR) is 96.4 cm³/mol. The van der Waals surface area contributed by atoms with Gasteiger partial charge in [-0.25, -0.2) is 0 Å². The zero-order valence-corrected chi connectivity index (χ0v) is 17.9. The van der Waals surface area contributed by atoms with Crippen LogP contribution in [-0.4, -0.2) is 43.6 Å². The van der Waals surface area contributed by atoms with Gasteiger partial charge in [-0.3, -0.25) is 4.18 Å². The van der Waals surface area contributed by atoms with E-state index in [0.717, 1.165) is 10.9 Å². The van der Waals surface area contributed by atoms with E-state index >= 15 is 0 Å². The minimum absolute atomic E-state index is 0. The number of hydrogen-bond acceptors (Lipinski definition) is 3. The van der Waals surface area contributed by atoms with E-state index in [1.807, 2.05) is 57.2 Å². The van der Waals surface area contributed by atoms with Crippen molar-refractivity contribution in [3.05, 3.63) is 42.0 Å². The van der Waals surface area contributed by atoms with Crippen molar-refractivity contribution in [3.8, 4) is 0 Å². The van der Waals surface area contributed by atoms with Crippen LogP contribution < -0.4 is 0 Å². The van der Waals surface area contributed by atoms with Crippen molar-refractivity contribution < 1.29 is 12.6 Å². The molecule has 3 nitrogen and oxygen atoms in total. The average molecular weight is 343 g/mol. The van der Waals surface area contributed by atoms with Crippen molar-refractivity contribution >= 4 is 50.4 Å². The second-order valence-corrected chi connectivity index (χ2v) is 9.05. The van der Waals surface area contributed by atoms with Crippen molar-refractivity contribution in [1.29, 1.82) is 0 Å². The largest absolute Gasteiger partial charge is 0.298 e. The van der Waals surface area contributed by atoms with Crippen LogP contribution in [0.4, 0.5) is 0 Å². The fourth-order valence-corrected chi connectivity index (χ4v) is 4.31. The van der Waals surface area contributed by atoms with Crippen LogP contribution in [0.15, 0.2) is 41.3 Å². The molecular weight excluding hydrogens is 319 g/mol. The Kier molecular flexibility index (Phi) is 6.15. The molecule has 0 heterocycles. The molecule has 0 aromatic heterocycles. The van der Waals surface area contributed by atoms with Crippen LogP contribution >= 0.6 is 0 Å². The summed E-state index contributed by atoms with van der Waals surface area (Å²) in [6.07, 6.45) is 0. The molecule has 2 aromatic rings. The van der Waals surface area contributed by atoms with E-state index in [-0.39, 0.29) is 39.9 Å². The molecule has 0 saturated heterocycles. The quantitative estimate of drug-likeness (QED) is 0.604. The van der Waals surface area contributed by atoms with Gasteiger partial charge in [-0.15, -0.1) is 0 Å². The number of benzene rings is 2. The monoisotopic (exact) mass is 343 g/mol. The Morgan fingerprint density at radius 1 is 0.870 bits per heavy atom. The smallest absolute Gasteiger partial charge is 0.261 e. The number of fused-ring (bicyclic) bond motifs is 1. The third-order valence-electron chi connectivity index (χ3n) is 3.30. The Morgan fingerprint density at radius 3 is 1.96 bits per heavy atom. The van der Waals surface area contributed by atoms with Gasteiger partial charge in [-0.1, -0.05) is 57.2 Å². The van der Waals surface area contributed by atoms with Gasteiger partial charge in [0.15, 0.2) is 0 Å². The maximum absolute atomic E-state index is 12.9. The van der Waals surface area contributed by atoms with Crippen molar-refractivity contribution in [2.45, 2.75) is 57.5 Å². The van der Waals surface area contributed by atoms with Gasteiger partial charge in [-0.05, 0) is 37.1 Å². The summed E-state index contributed by atoms with van der Waals surface area (Å²) in [5.74, 6) is 0. The summed E-state index contributed by atoms with van der Waals surface area (Å²) in [6, 6.07) is 11.4.